The predicted molar refractivity (Wildman–Crippen MR) is 142 cm³/mol. The highest BCUT2D eigenvalue weighted by Crippen LogP contribution is 2.62. The maximum Gasteiger partial charge on any atom is 0.359 e. The summed E-state index contributed by atoms with van der Waals surface area (Å²) in [4.78, 5) is 73.8. The Morgan fingerprint density at radius 1 is 1.11 bits per heavy atom. The Balaban J connectivity index is 0.000000208. The molecular weight excluding hydrogens is 640 g/mol. The van der Waals surface area contributed by atoms with Gasteiger partial charge in [-0.15, -0.1) is 0 Å². The standard InChI is InChI=1S/C10H13N5O4.C10H16N2O11P2/c11-8-5-9(13-2-12-8)15(3-14-5)10-7(18)6(17)4(1-16)19-10;1-4-3-12(9(15)11-7(4)13)5-2-10(16,25(20,21)22)6(23-5)8(14)24(17,18)19/h2-4,6-7,10,16-18H,1H2,(H2,11,12,13);3,5-6,8,14,16H,2H2,1H3,(H,11,13,15)(H2,17,18,19)(H2,20,21,22)/t4-,6-,7-,10-;5-,6-,8?,10-/m11/s1. The third-order valence-corrected chi connectivity index (χ3v) is 9.39. The molecule has 5 heterocycles. The number of H-pyrrole nitrogens is 1. The van der Waals surface area contributed by atoms with Crippen molar-refractivity contribution in [3.8, 4) is 0 Å². The van der Waals surface area contributed by atoms with Gasteiger partial charge in [0.2, 0.25) is 0 Å². The average Bonchev–Trinajstić information content (AvgIpc) is 3.60. The van der Waals surface area contributed by atoms with Crippen LogP contribution in [0.4, 0.5) is 5.82 Å². The number of anilines is 1. The summed E-state index contributed by atoms with van der Waals surface area (Å²) in [5.74, 6) is -2.54. The van der Waals surface area contributed by atoms with Gasteiger partial charge < -0.3 is 60.3 Å². The van der Waals surface area contributed by atoms with E-state index in [0.717, 1.165) is 6.20 Å². The number of imidazole rings is 1. The maximum atomic E-state index is 11.8. The van der Waals surface area contributed by atoms with Crippen LogP contribution in [0.15, 0.2) is 28.4 Å². The summed E-state index contributed by atoms with van der Waals surface area (Å²) in [6.45, 7) is 0.930. The number of aliphatic hydroxyl groups excluding tert-OH is 4. The van der Waals surface area contributed by atoms with E-state index in [9.17, 15) is 48.9 Å². The molecule has 22 nitrogen and oxygen atoms in total. The molecule has 0 spiro atoms. The zero-order chi connectivity index (χ0) is 32.9. The lowest BCUT2D eigenvalue weighted by Crippen LogP contribution is -2.45. The highest BCUT2D eigenvalue weighted by atomic mass is 31.2. The number of fused-ring (bicyclic) bond motifs is 1. The van der Waals surface area contributed by atoms with E-state index < -0.39 is 87.5 Å². The van der Waals surface area contributed by atoms with Crippen molar-refractivity contribution < 1.29 is 63.7 Å². The Morgan fingerprint density at radius 2 is 1.77 bits per heavy atom. The van der Waals surface area contributed by atoms with Crippen molar-refractivity contribution in [2.45, 2.75) is 61.4 Å². The van der Waals surface area contributed by atoms with E-state index in [1.807, 2.05) is 4.98 Å². The fourth-order valence-corrected chi connectivity index (χ4v) is 6.31. The minimum Gasteiger partial charge on any atom is -0.394 e. The number of nitrogens with two attached hydrogens (primary N) is 1. The van der Waals surface area contributed by atoms with Crippen molar-refractivity contribution >= 4 is 32.2 Å². The molecule has 2 aliphatic heterocycles. The van der Waals surface area contributed by atoms with Crippen LogP contribution >= 0.6 is 15.2 Å². The normalized spacial score (nSPS) is 29.9. The van der Waals surface area contributed by atoms with E-state index in [2.05, 4.69) is 15.0 Å². The Bertz CT molecular complexity index is 1740. The number of aromatic amines is 1. The quantitative estimate of drug-likeness (QED) is 0.110. The molecule has 0 saturated carbocycles. The lowest BCUT2D eigenvalue weighted by atomic mass is 10.1. The maximum absolute atomic E-state index is 11.8. The molecule has 2 fully saturated rings. The Morgan fingerprint density at radius 3 is 2.34 bits per heavy atom. The second-order valence-corrected chi connectivity index (χ2v) is 13.5. The lowest BCUT2D eigenvalue weighted by Gasteiger charge is -2.31. The molecule has 24 heteroatoms. The van der Waals surface area contributed by atoms with Gasteiger partial charge in [-0.25, -0.2) is 19.7 Å². The minimum absolute atomic E-state index is 0.0295. The molecule has 12 N–H and O–H groups in total. The molecule has 0 bridgehead atoms. The second kappa shape index (κ2) is 12.1. The molecule has 0 amide bonds. The summed E-state index contributed by atoms with van der Waals surface area (Å²) in [6, 6.07) is 0. The molecule has 2 aliphatic rings. The van der Waals surface area contributed by atoms with Gasteiger partial charge in [0.25, 0.3) is 5.56 Å². The van der Waals surface area contributed by atoms with Gasteiger partial charge in [0.15, 0.2) is 28.9 Å². The van der Waals surface area contributed by atoms with Crippen molar-refractivity contribution in [1.82, 2.24) is 29.1 Å². The summed E-state index contributed by atoms with van der Waals surface area (Å²) in [5.41, 5.74) is 4.71. The first-order valence-corrected chi connectivity index (χ1v) is 15.7. The monoisotopic (exact) mass is 669 g/mol. The molecule has 244 valence electrons. The molecule has 3 aromatic heterocycles. The fourth-order valence-electron chi connectivity index (χ4n) is 4.60. The smallest absolute Gasteiger partial charge is 0.359 e. The van der Waals surface area contributed by atoms with Crippen molar-refractivity contribution in [3.05, 3.63) is 45.3 Å². The van der Waals surface area contributed by atoms with Crippen LogP contribution in [-0.2, 0) is 18.6 Å². The van der Waals surface area contributed by atoms with Gasteiger partial charge in [-0.3, -0.25) is 28.0 Å². The average molecular weight is 669 g/mol. The number of nitrogens with zero attached hydrogens (tertiary/aromatic N) is 5. The van der Waals surface area contributed by atoms with Crippen LogP contribution in [0.5, 0.6) is 0 Å². The van der Waals surface area contributed by atoms with Gasteiger partial charge in [0, 0.05) is 18.2 Å². The number of aliphatic hydroxyl groups is 5. The van der Waals surface area contributed by atoms with Crippen LogP contribution in [0, 0.1) is 6.92 Å². The van der Waals surface area contributed by atoms with E-state index in [0.29, 0.717) is 15.7 Å². The first kappa shape index (κ1) is 33.9. The zero-order valence-corrected chi connectivity index (χ0v) is 24.2. The van der Waals surface area contributed by atoms with Crippen LogP contribution in [0.1, 0.15) is 24.4 Å². The number of hydrogen-bond donors (Lipinski definition) is 11. The van der Waals surface area contributed by atoms with Crippen LogP contribution < -0.4 is 17.0 Å². The SMILES string of the molecule is Cc1cn([C@H]2C[C@@](O)(P(=O)(O)O)[C@@H](C(O)P(=O)(O)O)O2)c(=O)[nH]c1=O.Nc1ncnc2c1ncn2[C@@H]1O[C@H](CO)[C@@H](O)[C@H]1O. The molecule has 3 aromatic rings. The van der Waals surface area contributed by atoms with Crippen LogP contribution in [0.3, 0.4) is 0 Å². The topological polar surface area (TPSA) is 359 Å². The summed E-state index contributed by atoms with van der Waals surface area (Å²) in [6.07, 6.45) is -5.40. The summed E-state index contributed by atoms with van der Waals surface area (Å²) in [7, 11) is -10.8. The minimum atomic E-state index is -5.46. The van der Waals surface area contributed by atoms with Crippen LogP contribution in [-0.4, -0.2) is 116 Å². The third kappa shape index (κ3) is 6.13. The van der Waals surface area contributed by atoms with E-state index in [1.165, 1.54) is 24.1 Å². The summed E-state index contributed by atoms with van der Waals surface area (Å²) < 4.78 is 35.4. The van der Waals surface area contributed by atoms with Gasteiger partial charge in [0.05, 0.1) is 12.9 Å². The largest absolute Gasteiger partial charge is 0.394 e. The Kier molecular flexibility index (Phi) is 9.33. The molecule has 2 saturated heterocycles. The third-order valence-electron chi connectivity index (χ3n) is 6.99. The molecule has 1 unspecified atom stereocenters. The highest BCUT2D eigenvalue weighted by molar-refractivity contribution is 7.54. The number of nitrogens with one attached hydrogen (secondary N) is 1. The number of aromatic nitrogens is 6. The van der Waals surface area contributed by atoms with E-state index in [1.54, 1.807) is 0 Å². The van der Waals surface area contributed by atoms with Crippen LogP contribution in [0.25, 0.3) is 11.2 Å². The number of nitrogen functional groups attached to an aromatic ring is 1. The summed E-state index contributed by atoms with van der Waals surface area (Å²) in [5, 5.41) is 45.5. The Hall–Kier alpha value is -2.95. The van der Waals surface area contributed by atoms with Gasteiger partial charge >= 0.3 is 20.9 Å². The van der Waals surface area contributed by atoms with Gasteiger partial charge in [-0.05, 0) is 6.92 Å². The van der Waals surface area contributed by atoms with E-state index in [-0.39, 0.29) is 11.4 Å². The molecule has 0 aliphatic carbocycles. The first-order valence-electron chi connectivity index (χ1n) is 12.4. The van der Waals surface area contributed by atoms with E-state index in [4.69, 9.17) is 30.1 Å². The van der Waals surface area contributed by atoms with E-state index >= 15 is 0 Å². The predicted octanol–water partition coefficient (Wildman–Crippen LogP) is -4.49. The van der Waals surface area contributed by atoms with Gasteiger partial charge in [0.1, 0.15) is 42.5 Å². The van der Waals surface area contributed by atoms with Crippen molar-refractivity contribution in [2.75, 3.05) is 12.3 Å². The lowest BCUT2D eigenvalue weighted by molar-refractivity contribution is -0.0793. The number of ether oxygens (including phenoxy) is 2. The molecule has 8 atom stereocenters. The zero-order valence-electron chi connectivity index (χ0n) is 22.4. The second-order valence-electron chi connectivity index (χ2n) is 9.93. The Labute approximate surface area is 244 Å². The van der Waals surface area contributed by atoms with Gasteiger partial charge in [-0.2, -0.15) is 0 Å². The number of aryl methyl sites for hydroxylation is 1. The molecule has 0 aromatic carbocycles. The highest BCUT2D eigenvalue weighted by Gasteiger charge is 2.64. The van der Waals surface area contributed by atoms with Crippen molar-refractivity contribution in [2.24, 2.45) is 0 Å². The molecular formula is C20H29N7O15P2. The number of hydrogen-bond acceptors (Lipinski definition) is 15. The molecule has 5 rings (SSSR count). The van der Waals surface area contributed by atoms with Crippen molar-refractivity contribution in [1.29, 1.82) is 0 Å². The molecule has 44 heavy (non-hydrogen) atoms. The van der Waals surface area contributed by atoms with Gasteiger partial charge in [-0.1, -0.05) is 0 Å². The summed E-state index contributed by atoms with van der Waals surface area (Å²) >= 11 is 0. The fraction of sp³-hybridized carbons (Fsp3) is 0.550. The van der Waals surface area contributed by atoms with Crippen molar-refractivity contribution in [3.63, 3.8) is 0 Å². The first-order chi connectivity index (χ1) is 20.3. The van der Waals surface area contributed by atoms with Crippen LogP contribution in [0.2, 0.25) is 0 Å². The number of rotatable bonds is 6. The molecule has 0 radical (unpaired) electrons.